The van der Waals surface area contributed by atoms with E-state index >= 15 is 0 Å². The van der Waals surface area contributed by atoms with Crippen LogP contribution in [0.15, 0.2) is 47.4 Å². The monoisotopic (exact) mass is 330 g/mol. The fourth-order valence-electron chi connectivity index (χ4n) is 1.75. The quantitative estimate of drug-likeness (QED) is 0.484. The number of nitrogens with two attached hydrogens (primary N) is 1. The molecule has 0 radical (unpaired) electrons. The molecule has 2 aromatic rings. The van der Waals surface area contributed by atoms with Crippen molar-refractivity contribution < 1.29 is 4.39 Å². The average molecular weight is 331 g/mol. The summed E-state index contributed by atoms with van der Waals surface area (Å²) in [6, 6.07) is 11.7. The van der Waals surface area contributed by atoms with Crippen LogP contribution >= 0.6 is 35.0 Å². The first kappa shape index (κ1) is 15.6. The first-order chi connectivity index (χ1) is 9.61. The third-order valence-electron chi connectivity index (χ3n) is 2.77. The molecule has 0 saturated carbocycles. The van der Waals surface area contributed by atoms with Gasteiger partial charge >= 0.3 is 0 Å². The summed E-state index contributed by atoms with van der Waals surface area (Å²) in [5.74, 6) is 5.93. The Morgan fingerprint density at radius 3 is 2.65 bits per heavy atom. The summed E-state index contributed by atoms with van der Waals surface area (Å²) < 4.78 is 13.1. The van der Waals surface area contributed by atoms with Crippen molar-refractivity contribution in [3.05, 3.63) is 63.9 Å². The molecule has 0 aliphatic carbocycles. The second-order valence-electron chi connectivity index (χ2n) is 4.13. The first-order valence-electron chi connectivity index (χ1n) is 5.90. The molecule has 0 aliphatic rings. The molecule has 0 saturated heterocycles. The maximum absolute atomic E-state index is 13.1. The molecule has 0 aliphatic heterocycles. The number of hydrogen-bond acceptors (Lipinski definition) is 3. The normalized spacial score (nSPS) is 12.4. The number of benzene rings is 2. The molecule has 3 N–H and O–H groups in total. The van der Waals surface area contributed by atoms with Crippen LogP contribution in [0.4, 0.5) is 4.39 Å². The third kappa shape index (κ3) is 3.87. The molecule has 0 aromatic heterocycles. The second-order valence-corrected chi connectivity index (χ2v) is 6.01. The Balaban J connectivity index is 2.11. The Hall–Kier alpha value is -0.780. The molecule has 0 bridgehead atoms. The van der Waals surface area contributed by atoms with Crippen molar-refractivity contribution in [2.45, 2.75) is 10.9 Å². The number of nitrogens with one attached hydrogen (secondary N) is 1. The summed E-state index contributed by atoms with van der Waals surface area (Å²) in [4.78, 5) is 0.836. The topological polar surface area (TPSA) is 38.0 Å². The molecule has 0 spiro atoms. The van der Waals surface area contributed by atoms with Gasteiger partial charge in [0.1, 0.15) is 5.82 Å². The Morgan fingerprint density at radius 1 is 1.20 bits per heavy atom. The van der Waals surface area contributed by atoms with Crippen LogP contribution in [0.5, 0.6) is 0 Å². The summed E-state index contributed by atoms with van der Waals surface area (Å²) in [7, 11) is 0. The summed E-state index contributed by atoms with van der Waals surface area (Å²) in [5, 5.41) is 0.970. The van der Waals surface area contributed by atoms with Gasteiger partial charge in [-0.2, -0.15) is 0 Å². The lowest BCUT2D eigenvalue weighted by Crippen LogP contribution is -2.29. The lowest BCUT2D eigenvalue weighted by molar-refractivity contribution is 0.610. The third-order valence-corrected chi connectivity index (χ3v) is 4.69. The summed E-state index contributed by atoms with van der Waals surface area (Å²) in [6.45, 7) is 0. The number of hydrogen-bond donors (Lipinski definition) is 2. The molecule has 106 valence electrons. The molecule has 2 nitrogen and oxygen atoms in total. The zero-order valence-corrected chi connectivity index (χ0v) is 12.8. The van der Waals surface area contributed by atoms with Crippen molar-refractivity contribution in [2.24, 2.45) is 5.84 Å². The molecule has 1 unspecified atom stereocenters. The van der Waals surface area contributed by atoms with Crippen molar-refractivity contribution in [1.82, 2.24) is 5.43 Å². The van der Waals surface area contributed by atoms with Gasteiger partial charge in [0.15, 0.2) is 0 Å². The minimum absolute atomic E-state index is 0.172. The van der Waals surface area contributed by atoms with E-state index in [4.69, 9.17) is 29.0 Å². The van der Waals surface area contributed by atoms with Gasteiger partial charge in [0.05, 0.1) is 16.1 Å². The molecule has 20 heavy (non-hydrogen) atoms. The van der Waals surface area contributed by atoms with E-state index in [1.54, 1.807) is 12.1 Å². The van der Waals surface area contributed by atoms with Gasteiger partial charge in [-0.15, -0.1) is 11.8 Å². The SMILES string of the molecule is NNC(CSc1cccc(F)c1)c1cccc(Cl)c1Cl. The first-order valence-corrected chi connectivity index (χ1v) is 7.64. The van der Waals surface area contributed by atoms with Crippen LogP contribution in [0.25, 0.3) is 0 Å². The highest BCUT2D eigenvalue weighted by Gasteiger charge is 2.15. The highest BCUT2D eigenvalue weighted by molar-refractivity contribution is 7.99. The van der Waals surface area contributed by atoms with Crippen molar-refractivity contribution in [1.29, 1.82) is 0 Å². The zero-order valence-electron chi connectivity index (χ0n) is 10.4. The molecule has 1 atom stereocenters. The smallest absolute Gasteiger partial charge is 0.124 e. The Morgan fingerprint density at radius 2 is 1.95 bits per heavy atom. The van der Waals surface area contributed by atoms with Crippen LogP contribution in [-0.4, -0.2) is 5.75 Å². The van der Waals surface area contributed by atoms with E-state index in [9.17, 15) is 4.39 Å². The van der Waals surface area contributed by atoms with E-state index < -0.39 is 0 Å². The fraction of sp³-hybridized carbons (Fsp3) is 0.143. The minimum atomic E-state index is -0.256. The van der Waals surface area contributed by atoms with Crippen molar-refractivity contribution in [3.8, 4) is 0 Å². The number of hydrazine groups is 1. The summed E-state index contributed by atoms with van der Waals surface area (Å²) >= 11 is 13.7. The predicted molar refractivity (Wildman–Crippen MR) is 83.7 cm³/mol. The van der Waals surface area contributed by atoms with Crippen LogP contribution in [0.2, 0.25) is 10.0 Å². The molecule has 2 aromatic carbocycles. The van der Waals surface area contributed by atoms with E-state index in [2.05, 4.69) is 5.43 Å². The molecule has 2 rings (SSSR count). The van der Waals surface area contributed by atoms with Crippen LogP contribution in [0.1, 0.15) is 11.6 Å². The van der Waals surface area contributed by atoms with Crippen LogP contribution in [0.3, 0.4) is 0 Å². The van der Waals surface area contributed by atoms with Gasteiger partial charge < -0.3 is 0 Å². The molecule has 0 fully saturated rings. The lowest BCUT2D eigenvalue weighted by Gasteiger charge is -2.18. The highest BCUT2D eigenvalue weighted by atomic mass is 35.5. The van der Waals surface area contributed by atoms with Crippen LogP contribution < -0.4 is 11.3 Å². The van der Waals surface area contributed by atoms with Gasteiger partial charge in [-0.05, 0) is 29.8 Å². The fourth-order valence-corrected chi connectivity index (χ4v) is 3.20. The van der Waals surface area contributed by atoms with Gasteiger partial charge in [0, 0.05) is 10.6 Å². The molecular formula is C14H13Cl2FN2S. The second kappa shape index (κ2) is 7.29. The Kier molecular flexibility index (Phi) is 5.69. The molecular weight excluding hydrogens is 318 g/mol. The Labute approximate surface area is 131 Å². The maximum Gasteiger partial charge on any atom is 0.124 e. The van der Waals surface area contributed by atoms with Gasteiger partial charge in [-0.1, -0.05) is 41.4 Å². The van der Waals surface area contributed by atoms with Crippen molar-refractivity contribution in [3.63, 3.8) is 0 Å². The van der Waals surface area contributed by atoms with E-state index in [0.29, 0.717) is 15.8 Å². The number of rotatable bonds is 5. The molecule has 6 heteroatoms. The predicted octanol–water partition coefficient (Wildman–Crippen LogP) is 4.43. The van der Waals surface area contributed by atoms with E-state index in [1.807, 2.05) is 18.2 Å². The van der Waals surface area contributed by atoms with Crippen LogP contribution in [-0.2, 0) is 0 Å². The molecule has 0 amide bonds. The average Bonchev–Trinajstić information content (AvgIpc) is 2.44. The molecule has 0 heterocycles. The van der Waals surface area contributed by atoms with E-state index in [-0.39, 0.29) is 11.9 Å². The number of thioether (sulfide) groups is 1. The highest BCUT2D eigenvalue weighted by Crippen LogP contribution is 2.32. The summed E-state index contributed by atoms with van der Waals surface area (Å²) in [5.41, 5.74) is 3.54. The largest absolute Gasteiger partial charge is 0.271 e. The van der Waals surface area contributed by atoms with Crippen molar-refractivity contribution >= 4 is 35.0 Å². The minimum Gasteiger partial charge on any atom is -0.271 e. The van der Waals surface area contributed by atoms with E-state index in [1.165, 1.54) is 23.9 Å². The Bertz CT molecular complexity index is 595. The number of halogens is 3. The van der Waals surface area contributed by atoms with Gasteiger partial charge in [-0.25, -0.2) is 4.39 Å². The van der Waals surface area contributed by atoms with Crippen LogP contribution in [0, 0.1) is 5.82 Å². The van der Waals surface area contributed by atoms with Gasteiger partial charge in [0.25, 0.3) is 0 Å². The van der Waals surface area contributed by atoms with Gasteiger partial charge in [0.2, 0.25) is 0 Å². The standard InChI is InChI=1S/C14H13Cl2FN2S/c15-12-6-2-5-11(14(12)16)13(19-18)8-20-10-4-1-3-9(17)7-10/h1-7,13,19H,8,18H2. The zero-order chi connectivity index (χ0) is 14.5. The summed E-state index contributed by atoms with van der Waals surface area (Å²) in [6.07, 6.45) is 0. The van der Waals surface area contributed by atoms with Gasteiger partial charge in [-0.3, -0.25) is 11.3 Å². The van der Waals surface area contributed by atoms with Crippen molar-refractivity contribution in [2.75, 3.05) is 5.75 Å². The lowest BCUT2D eigenvalue weighted by atomic mass is 10.1. The maximum atomic E-state index is 13.1. The van der Waals surface area contributed by atoms with E-state index in [0.717, 1.165) is 10.5 Å².